The first-order chi connectivity index (χ1) is 12.7. The van der Waals surface area contributed by atoms with Crippen LogP contribution >= 0.6 is 11.3 Å². The van der Waals surface area contributed by atoms with E-state index in [0.717, 1.165) is 50.7 Å². The number of likely N-dealkylation sites (tertiary alicyclic amines) is 3. The van der Waals surface area contributed by atoms with Crippen molar-refractivity contribution in [1.82, 2.24) is 19.7 Å². The minimum absolute atomic E-state index is 0.248. The molecule has 0 aliphatic carbocycles. The van der Waals surface area contributed by atoms with Crippen LogP contribution in [0.4, 0.5) is 0 Å². The molecule has 4 rings (SSSR count). The smallest absolute Gasteiger partial charge is 0.226 e. The van der Waals surface area contributed by atoms with Gasteiger partial charge in [-0.1, -0.05) is 0 Å². The van der Waals surface area contributed by atoms with E-state index in [4.69, 9.17) is 0 Å². The van der Waals surface area contributed by atoms with E-state index in [-0.39, 0.29) is 5.92 Å². The number of aryl methyl sites for hydroxylation is 1. The van der Waals surface area contributed by atoms with Crippen molar-refractivity contribution in [3.8, 4) is 0 Å². The Morgan fingerprint density at radius 3 is 2.58 bits per heavy atom. The Kier molecular flexibility index (Phi) is 5.91. The quantitative estimate of drug-likeness (QED) is 0.810. The molecule has 1 aromatic rings. The summed E-state index contributed by atoms with van der Waals surface area (Å²) in [5, 5.41) is 3.36. The van der Waals surface area contributed by atoms with Crippen molar-refractivity contribution >= 4 is 17.2 Å². The van der Waals surface area contributed by atoms with E-state index in [1.54, 1.807) is 11.3 Å². The molecule has 0 aromatic carbocycles. The van der Waals surface area contributed by atoms with Gasteiger partial charge >= 0.3 is 0 Å². The molecular weight excluding hydrogens is 344 g/mol. The maximum Gasteiger partial charge on any atom is 0.226 e. The molecule has 0 bridgehead atoms. The molecule has 0 saturated carbocycles. The molecule has 3 fully saturated rings. The molecule has 26 heavy (non-hydrogen) atoms. The molecule has 3 aliphatic heterocycles. The summed E-state index contributed by atoms with van der Waals surface area (Å²) >= 11 is 1.75. The first kappa shape index (κ1) is 18.4. The van der Waals surface area contributed by atoms with Gasteiger partial charge in [0.05, 0.1) is 16.6 Å². The Hall–Kier alpha value is -0.980. The van der Waals surface area contributed by atoms with Crippen LogP contribution in [0.15, 0.2) is 5.38 Å². The summed E-state index contributed by atoms with van der Waals surface area (Å²) in [7, 11) is 0. The molecule has 3 aliphatic rings. The second-order valence-electron chi connectivity index (χ2n) is 8.23. The average molecular weight is 377 g/mol. The third-order valence-corrected chi connectivity index (χ3v) is 7.17. The molecule has 0 unspecified atom stereocenters. The van der Waals surface area contributed by atoms with E-state index in [1.165, 1.54) is 44.3 Å². The molecule has 0 N–H and O–H groups in total. The third kappa shape index (κ3) is 4.29. The second-order valence-corrected chi connectivity index (χ2v) is 9.29. The molecular formula is C20H32N4OS. The van der Waals surface area contributed by atoms with E-state index in [9.17, 15) is 4.79 Å². The van der Waals surface area contributed by atoms with Gasteiger partial charge in [0, 0.05) is 50.7 Å². The number of nitrogens with zero attached hydrogens (tertiary/aromatic N) is 4. The molecule has 0 spiro atoms. The van der Waals surface area contributed by atoms with Crippen LogP contribution in [-0.2, 0) is 11.3 Å². The lowest BCUT2D eigenvalue weighted by atomic mass is 9.93. The van der Waals surface area contributed by atoms with Crippen LogP contribution in [0.2, 0.25) is 0 Å². The number of hydrogen-bond acceptors (Lipinski definition) is 5. The van der Waals surface area contributed by atoms with Crippen molar-refractivity contribution in [1.29, 1.82) is 0 Å². The predicted molar refractivity (Wildman–Crippen MR) is 105 cm³/mol. The summed E-state index contributed by atoms with van der Waals surface area (Å²) in [4.78, 5) is 24.7. The van der Waals surface area contributed by atoms with Gasteiger partial charge in [-0.15, -0.1) is 11.3 Å². The van der Waals surface area contributed by atoms with Gasteiger partial charge in [-0.2, -0.15) is 0 Å². The highest BCUT2D eigenvalue weighted by molar-refractivity contribution is 7.09. The molecule has 1 amide bonds. The first-order valence-corrected chi connectivity index (χ1v) is 11.2. The van der Waals surface area contributed by atoms with Crippen LogP contribution in [0.5, 0.6) is 0 Å². The Morgan fingerprint density at radius 1 is 1.12 bits per heavy atom. The van der Waals surface area contributed by atoms with Crippen molar-refractivity contribution in [2.24, 2.45) is 5.92 Å². The van der Waals surface area contributed by atoms with Crippen LogP contribution in [0.1, 0.15) is 49.2 Å². The predicted octanol–water partition coefficient (Wildman–Crippen LogP) is 2.75. The SMILES string of the molecule is Cc1nc(CN2CCC(N3CCC[C@H](C(=O)N4CCCC4)C3)CC2)cs1. The van der Waals surface area contributed by atoms with Crippen molar-refractivity contribution in [2.75, 3.05) is 39.3 Å². The fourth-order valence-electron chi connectivity index (χ4n) is 4.89. The zero-order chi connectivity index (χ0) is 17.9. The van der Waals surface area contributed by atoms with Gasteiger partial charge in [0.15, 0.2) is 0 Å². The fraction of sp³-hybridized carbons (Fsp3) is 0.800. The largest absolute Gasteiger partial charge is 0.342 e. The van der Waals surface area contributed by atoms with Gasteiger partial charge < -0.3 is 4.90 Å². The van der Waals surface area contributed by atoms with Gasteiger partial charge in [-0.25, -0.2) is 4.98 Å². The van der Waals surface area contributed by atoms with Gasteiger partial charge in [-0.3, -0.25) is 14.6 Å². The number of piperidine rings is 2. The number of carbonyl (C=O) groups excluding carboxylic acids is 1. The summed E-state index contributed by atoms with van der Waals surface area (Å²) in [6.45, 7) is 9.54. The average Bonchev–Trinajstić information content (AvgIpc) is 3.34. The summed E-state index contributed by atoms with van der Waals surface area (Å²) in [5.41, 5.74) is 1.22. The lowest BCUT2D eigenvalue weighted by Crippen LogP contribution is -2.51. The van der Waals surface area contributed by atoms with Crippen LogP contribution < -0.4 is 0 Å². The number of carbonyl (C=O) groups is 1. The monoisotopic (exact) mass is 376 g/mol. The number of amides is 1. The van der Waals surface area contributed by atoms with Crippen LogP contribution in [-0.4, -0.2) is 70.9 Å². The fourth-order valence-corrected chi connectivity index (χ4v) is 5.49. The molecule has 3 saturated heterocycles. The molecule has 1 aromatic heterocycles. The van der Waals surface area contributed by atoms with E-state index >= 15 is 0 Å². The Morgan fingerprint density at radius 2 is 1.88 bits per heavy atom. The molecule has 4 heterocycles. The van der Waals surface area contributed by atoms with Crippen LogP contribution in [0, 0.1) is 12.8 Å². The Bertz CT molecular complexity index is 605. The summed E-state index contributed by atoms with van der Waals surface area (Å²) in [6, 6.07) is 0.664. The highest BCUT2D eigenvalue weighted by Gasteiger charge is 2.34. The molecule has 144 valence electrons. The van der Waals surface area contributed by atoms with Gasteiger partial charge in [0.25, 0.3) is 0 Å². The molecule has 5 nitrogen and oxygen atoms in total. The second kappa shape index (κ2) is 8.36. The Balaban J connectivity index is 1.26. The van der Waals surface area contributed by atoms with E-state index in [1.807, 2.05) is 0 Å². The van der Waals surface area contributed by atoms with Gasteiger partial charge in [0.1, 0.15) is 0 Å². The normalized spacial score (nSPS) is 26.5. The van der Waals surface area contributed by atoms with Crippen LogP contribution in [0.3, 0.4) is 0 Å². The van der Waals surface area contributed by atoms with Crippen molar-refractivity contribution in [2.45, 2.75) is 58.0 Å². The highest BCUT2D eigenvalue weighted by Crippen LogP contribution is 2.26. The molecule has 6 heteroatoms. The number of rotatable bonds is 4. The highest BCUT2D eigenvalue weighted by atomic mass is 32.1. The summed E-state index contributed by atoms with van der Waals surface area (Å²) in [6.07, 6.45) is 7.12. The van der Waals surface area contributed by atoms with Crippen molar-refractivity contribution < 1.29 is 4.79 Å². The number of aromatic nitrogens is 1. The minimum atomic E-state index is 0.248. The maximum atomic E-state index is 12.8. The van der Waals surface area contributed by atoms with E-state index in [2.05, 4.69) is 32.0 Å². The van der Waals surface area contributed by atoms with Gasteiger partial charge in [-0.05, 0) is 52.0 Å². The molecule has 1 atom stereocenters. The zero-order valence-electron chi connectivity index (χ0n) is 16.0. The number of thiazole rings is 1. The zero-order valence-corrected chi connectivity index (χ0v) is 16.8. The topological polar surface area (TPSA) is 39.7 Å². The van der Waals surface area contributed by atoms with E-state index < -0.39 is 0 Å². The molecule has 0 radical (unpaired) electrons. The third-order valence-electron chi connectivity index (χ3n) is 6.35. The van der Waals surface area contributed by atoms with Crippen LogP contribution in [0.25, 0.3) is 0 Å². The first-order valence-electron chi connectivity index (χ1n) is 10.4. The standard InChI is InChI=1S/C20H32N4OS/c1-16-21-18(15-26-16)14-22-11-6-19(7-12-22)24-10-4-5-17(13-24)20(25)23-8-2-3-9-23/h15,17,19H,2-14H2,1H3/t17-/m0/s1. The maximum absolute atomic E-state index is 12.8. The van der Waals surface area contributed by atoms with Crippen molar-refractivity contribution in [3.63, 3.8) is 0 Å². The van der Waals surface area contributed by atoms with Crippen molar-refractivity contribution in [3.05, 3.63) is 16.1 Å². The van der Waals surface area contributed by atoms with E-state index in [0.29, 0.717) is 11.9 Å². The minimum Gasteiger partial charge on any atom is -0.342 e. The number of hydrogen-bond donors (Lipinski definition) is 0. The lowest BCUT2D eigenvalue weighted by Gasteiger charge is -2.42. The Labute approximate surface area is 161 Å². The van der Waals surface area contributed by atoms with Gasteiger partial charge in [0.2, 0.25) is 5.91 Å². The lowest BCUT2D eigenvalue weighted by molar-refractivity contribution is -0.136. The summed E-state index contributed by atoms with van der Waals surface area (Å²) < 4.78 is 0. The summed E-state index contributed by atoms with van der Waals surface area (Å²) in [5.74, 6) is 0.682.